The molecule has 0 aliphatic heterocycles. The maximum atomic E-state index is 5.77. The van der Waals surface area contributed by atoms with Gasteiger partial charge in [-0.25, -0.2) is 0 Å². The minimum absolute atomic E-state index is 0.514. The van der Waals surface area contributed by atoms with E-state index in [-0.39, 0.29) is 0 Å². The van der Waals surface area contributed by atoms with E-state index in [2.05, 4.69) is 41.6 Å². The van der Waals surface area contributed by atoms with Gasteiger partial charge in [0.1, 0.15) is 0 Å². The number of anilines is 3. The highest BCUT2D eigenvalue weighted by Crippen LogP contribution is 2.26. The molecule has 8 aromatic rings. The highest BCUT2D eigenvalue weighted by atomic mass is 79.9. The fourth-order valence-electron chi connectivity index (χ4n) is 4.50. The number of benzene rings is 6. The standard InChI is InChI=1S/C20H15N3O.C14H9BrN2O.C6H7N/c1-3-7-15(8-4-1)19-22-23-20(24-19)16-11-13-18(14-12-16)21-17-9-5-2-6-10-17;15-12-8-6-11(7-9-12)14-17-16-13(18-14)10-4-2-1-3-5-10;7-6-4-2-1-3-5-6/h1-14,21H;1-9H;1-5H,7H2. The van der Waals surface area contributed by atoms with Gasteiger partial charge in [0, 0.05) is 43.8 Å². The number of nitrogen functional groups attached to an aromatic ring is 1. The second-order valence-electron chi connectivity index (χ2n) is 10.5. The van der Waals surface area contributed by atoms with Crippen molar-refractivity contribution >= 4 is 33.0 Å². The van der Waals surface area contributed by atoms with E-state index < -0.39 is 0 Å². The van der Waals surface area contributed by atoms with Crippen LogP contribution in [-0.4, -0.2) is 20.4 Å². The predicted molar refractivity (Wildman–Crippen MR) is 199 cm³/mol. The van der Waals surface area contributed by atoms with E-state index in [9.17, 15) is 0 Å². The fourth-order valence-corrected chi connectivity index (χ4v) is 4.77. The van der Waals surface area contributed by atoms with Crippen LogP contribution >= 0.6 is 15.9 Å². The van der Waals surface area contributed by atoms with E-state index >= 15 is 0 Å². The van der Waals surface area contributed by atoms with Crippen LogP contribution in [0.5, 0.6) is 0 Å². The van der Waals surface area contributed by atoms with Crippen molar-refractivity contribution in [2.24, 2.45) is 0 Å². The Morgan fingerprint density at radius 3 is 1.10 bits per heavy atom. The van der Waals surface area contributed by atoms with Crippen molar-refractivity contribution in [2.75, 3.05) is 11.1 Å². The van der Waals surface area contributed by atoms with Crippen molar-refractivity contribution in [1.82, 2.24) is 20.4 Å². The third kappa shape index (κ3) is 9.37. The molecule has 49 heavy (non-hydrogen) atoms. The smallest absolute Gasteiger partial charge is 0.248 e. The van der Waals surface area contributed by atoms with Gasteiger partial charge in [0.2, 0.25) is 23.6 Å². The molecular formula is C40H31BrN6O2. The van der Waals surface area contributed by atoms with Gasteiger partial charge in [-0.1, -0.05) is 88.7 Å². The quantitative estimate of drug-likeness (QED) is 0.164. The Morgan fingerprint density at radius 1 is 0.388 bits per heavy atom. The predicted octanol–water partition coefficient (Wildman–Crippen LogP) is 10.6. The molecule has 9 heteroatoms. The Morgan fingerprint density at radius 2 is 0.714 bits per heavy atom. The molecule has 2 heterocycles. The molecule has 3 N–H and O–H groups in total. The summed E-state index contributed by atoms with van der Waals surface area (Å²) in [7, 11) is 0. The molecule has 0 spiro atoms. The first-order valence-electron chi connectivity index (χ1n) is 15.4. The summed E-state index contributed by atoms with van der Waals surface area (Å²) in [5.74, 6) is 2.10. The number of nitrogens with two attached hydrogens (primary N) is 1. The van der Waals surface area contributed by atoms with E-state index in [0.29, 0.717) is 23.6 Å². The van der Waals surface area contributed by atoms with Crippen LogP contribution in [0.1, 0.15) is 0 Å². The number of halogens is 1. The fraction of sp³-hybridized carbons (Fsp3) is 0. The number of nitrogens with zero attached hydrogens (tertiary/aromatic N) is 4. The Bertz CT molecular complexity index is 2140. The molecule has 6 aromatic carbocycles. The normalized spacial score (nSPS) is 10.2. The number of rotatable bonds is 6. The lowest BCUT2D eigenvalue weighted by atomic mass is 10.2. The van der Waals surface area contributed by atoms with E-state index in [1.807, 2.05) is 170 Å². The lowest BCUT2D eigenvalue weighted by molar-refractivity contribution is 0.584. The number of para-hydroxylation sites is 2. The van der Waals surface area contributed by atoms with Crippen molar-refractivity contribution < 1.29 is 8.83 Å². The van der Waals surface area contributed by atoms with Crippen LogP contribution in [0.2, 0.25) is 0 Å². The van der Waals surface area contributed by atoms with E-state index in [1.165, 1.54) is 0 Å². The third-order valence-corrected chi connectivity index (χ3v) is 7.51. The molecule has 0 amide bonds. The van der Waals surface area contributed by atoms with Crippen LogP contribution in [0.25, 0.3) is 45.8 Å². The molecule has 0 aliphatic carbocycles. The van der Waals surface area contributed by atoms with Gasteiger partial charge >= 0.3 is 0 Å². The second-order valence-corrected chi connectivity index (χ2v) is 11.5. The molecule has 0 unspecified atom stereocenters. The molecule has 240 valence electrons. The summed E-state index contributed by atoms with van der Waals surface area (Å²) in [6.45, 7) is 0. The average molecular weight is 708 g/mol. The van der Waals surface area contributed by atoms with Gasteiger partial charge in [-0.05, 0) is 97.1 Å². The van der Waals surface area contributed by atoms with Gasteiger partial charge < -0.3 is 19.9 Å². The zero-order chi connectivity index (χ0) is 33.7. The van der Waals surface area contributed by atoms with Crippen LogP contribution < -0.4 is 11.1 Å². The largest absolute Gasteiger partial charge is 0.416 e. The van der Waals surface area contributed by atoms with Crippen LogP contribution in [0.4, 0.5) is 17.1 Å². The van der Waals surface area contributed by atoms with Gasteiger partial charge in [-0.2, -0.15) is 0 Å². The van der Waals surface area contributed by atoms with E-state index in [4.69, 9.17) is 14.6 Å². The summed E-state index contributed by atoms with van der Waals surface area (Å²) in [6.07, 6.45) is 0. The van der Waals surface area contributed by atoms with E-state index in [0.717, 1.165) is 43.8 Å². The van der Waals surface area contributed by atoms with Gasteiger partial charge in [-0.15, -0.1) is 20.4 Å². The highest BCUT2D eigenvalue weighted by Gasteiger charge is 2.11. The van der Waals surface area contributed by atoms with Crippen molar-refractivity contribution in [2.45, 2.75) is 0 Å². The molecular weight excluding hydrogens is 676 g/mol. The van der Waals surface area contributed by atoms with Crippen LogP contribution in [0, 0.1) is 0 Å². The summed E-state index contributed by atoms with van der Waals surface area (Å²) < 4.78 is 12.5. The Balaban J connectivity index is 0.000000146. The zero-order valence-electron chi connectivity index (χ0n) is 26.2. The first-order valence-corrected chi connectivity index (χ1v) is 16.2. The van der Waals surface area contributed by atoms with Gasteiger partial charge in [0.25, 0.3) is 0 Å². The second kappa shape index (κ2) is 16.5. The maximum Gasteiger partial charge on any atom is 0.248 e. The van der Waals surface area contributed by atoms with Crippen molar-refractivity contribution in [1.29, 1.82) is 0 Å². The number of hydrogen-bond acceptors (Lipinski definition) is 8. The first-order chi connectivity index (χ1) is 24.1. The summed E-state index contributed by atoms with van der Waals surface area (Å²) >= 11 is 3.39. The topological polar surface area (TPSA) is 116 Å². The number of aromatic nitrogens is 4. The Hall–Kier alpha value is -6.32. The minimum atomic E-state index is 0.514. The number of hydrogen-bond donors (Lipinski definition) is 2. The van der Waals surface area contributed by atoms with Crippen LogP contribution in [-0.2, 0) is 0 Å². The molecule has 0 saturated carbocycles. The number of nitrogens with one attached hydrogen (secondary N) is 1. The summed E-state index contributed by atoms with van der Waals surface area (Å²) in [5.41, 5.74) is 11.9. The molecule has 0 atom stereocenters. The average Bonchev–Trinajstić information content (AvgIpc) is 3.86. The maximum absolute atomic E-state index is 5.77. The molecule has 0 aliphatic rings. The van der Waals surface area contributed by atoms with Gasteiger partial charge in [-0.3, -0.25) is 0 Å². The third-order valence-electron chi connectivity index (χ3n) is 6.98. The molecule has 0 radical (unpaired) electrons. The zero-order valence-corrected chi connectivity index (χ0v) is 27.8. The molecule has 8 rings (SSSR count). The Labute approximate surface area is 292 Å². The lowest BCUT2D eigenvalue weighted by Gasteiger charge is -2.06. The first kappa shape index (κ1) is 32.6. The van der Waals surface area contributed by atoms with Crippen LogP contribution in [0.3, 0.4) is 0 Å². The van der Waals surface area contributed by atoms with Crippen LogP contribution in [0.15, 0.2) is 183 Å². The molecule has 0 bridgehead atoms. The minimum Gasteiger partial charge on any atom is -0.416 e. The van der Waals surface area contributed by atoms with Crippen molar-refractivity contribution in [3.05, 3.63) is 174 Å². The van der Waals surface area contributed by atoms with E-state index in [1.54, 1.807) is 0 Å². The van der Waals surface area contributed by atoms with Gasteiger partial charge in [0.05, 0.1) is 0 Å². The molecule has 0 fully saturated rings. The van der Waals surface area contributed by atoms with Crippen molar-refractivity contribution in [3.8, 4) is 45.8 Å². The lowest BCUT2D eigenvalue weighted by Crippen LogP contribution is -1.89. The molecule has 0 saturated heterocycles. The molecule has 2 aromatic heterocycles. The Kier molecular flexibility index (Phi) is 11.0. The molecule has 8 nitrogen and oxygen atoms in total. The van der Waals surface area contributed by atoms with Crippen molar-refractivity contribution in [3.63, 3.8) is 0 Å². The summed E-state index contributed by atoms with van der Waals surface area (Å²) in [6, 6.07) is 54.7. The monoisotopic (exact) mass is 706 g/mol. The highest BCUT2D eigenvalue weighted by molar-refractivity contribution is 9.10. The van der Waals surface area contributed by atoms with Gasteiger partial charge in [0.15, 0.2) is 0 Å². The summed E-state index contributed by atoms with van der Waals surface area (Å²) in [5, 5.41) is 19.7. The SMILES string of the molecule is Brc1ccc(-c2nnc(-c3ccccc3)o2)cc1.Nc1ccccc1.c1ccc(Nc2ccc(-c3nnc(-c4ccccc4)o3)cc2)cc1. The summed E-state index contributed by atoms with van der Waals surface area (Å²) in [4.78, 5) is 0.